The molecule has 2 aliphatic rings. The van der Waals surface area contributed by atoms with Crippen molar-refractivity contribution in [1.29, 1.82) is 0 Å². The number of hydrogen-bond donors (Lipinski definition) is 0. The Morgan fingerprint density at radius 1 is 0.422 bits per heavy atom. The maximum absolute atomic E-state index is 2.51. The van der Waals surface area contributed by atoms with Crippen molar-refractivity contribution in [2.24, 2.45) is 0 Å². The summed E-state index contributed by atoms with van der Waals surface area (Å²) in [4.78, 5) is 0. The fourth-order valence-corrected chi connectivity index (χ4v) is 9.74. The second-order valence-corrected chi connectivity index (χ2v) is 13.5. The van der Waals surface area contributed by atoms with E-state index in [1.165, 1.54) is 92.2 Å². The van der Waals surface area contributed by atoms with Gasteiger partial charge in [-0.3, -0.25) is 0 Å². The van der Waals surface area contributed by atoms with E-state index in [1.807, 2.05) is 11.3 Å². The van der Waals surface area contributed by atoms with Gasteiger partial charge in [0, 0.05) is 30.9 Å². The lowest BCUT2D eigenvalue weighted by atomic mass is 9.65. The van der Waals surface area contributed by atoms with Gasteiger partial charge in [-0.2, -0.15) is 0 Å². The zero-order valence-electron chi connectivity index (χ0n) is 24.3. The van der Waals surface area contributed by atoms with Crippen LogP contribution in [0.15, 0.2) is 152 Å². The molecule has 0 bridgehead atoms. The molecule has 11 rings (SSSR count). The lowest BCUT2D eigenvalue weighted by Gasteiger charge is -2.39. The minimum atomic E-state index is -0.404. The zero-order chi connectivity index (χ0) is 29.3. The molecule has 9 aromatic rings. The number of rotatable bonds is 1. The Labute approximate surface area is 264 Å². The van der Waals surface area contributed by atoms with E-state index in [0.717, 1.165) is 0 Å². The topological polar surface area (TPSA) is 4.93 Å². The second-order valence-electron chi connectivity index (χ2n) is 12.4. The summed E-state index contributed by atoms with van der Waals surface area (Å²) < 4.78 is 5.19. The number of para-hydroxylation sites is 3. The lowest BCUT2D eigenvalue weighted by molar-refractivity contribution is 0.748. The van der Waals surface area contributed by atoms with Gasteiger partial charge in [-0.05, 0) is 80.9 Å². The van der Waals surface area contributed by atoms with Crippen LogP contribution in [0.5, 0.6) is 0 Å². The quantitative estimate of drug-likeness (QED) is 0.180. The summed E-state index contributed by atoms with van der Waals surface area (Å²) in [6.45, 7) is 0. The van der Waals surface area contributed by atoms with Crippen molar-refractivity contribution in [3.63, 3.8) is 0 Å². The molecule has 2 aromatic heterocycles. The number of benzene rings is 7. The van der Waals surface area contributed by atoms with Gasteiger partial charge in [0.15, 0.2) is 0 Å². The Morgan fingerprint density at radius 3 is 2.04 bits per heavy atom. The van der Waals surface area contributed by atoms with Crippen molar-refractivity contribution in [2.45, 2.75) is 5.41 Å². The molecule has 0 fully saturated rings. The average molecular weight is 588 g/mol. The summed E-state index contributed by atoms with van der Waals surface area (Å²) in [5, 5.41) is 5.30. The van der Waals surface area contributed by atoms with Gasteiger partial charge in [0.2, 0.25) is 0 Å². The van der Waals surface area contributed by atoms with E-state index in [0.29, 0.717) is 0 Å². The highest BCUT2D eigenvalue weighted by Gasteiger charge is 2.50. The van der Waals surface area contributed by atoms with Crippen molar-refractivity contribution in [2.75, 3.05) is 0 Å². The lowest BCUT2D eigenvalue weighted by Crippen LogP contribution is -2.33. The van der Waals surface area contributed by atoms with Gasteiger partial charge in [0.05, 0.1) is 22.1 Å². The van der Waals surface area contributed by atoms with Crippen molar-refractivity contribution < 1.29 is 0 Å². The van der Waals surface area contributed by atoms with E-state index >= 15 is 0 Å². The highest BCUT2D eigenvalue weighted by Crippen LogP contribution is 2.61. The maximum Gasteiger partial charge on any atom is 0.0754 e. The van der Waals surface area contributed by atoms with Crippen LogP contribution in [0.4, 0.5) is 0 Å². The molecule has 3 heterocycles. The van der Waals surface area contributed by atoms with Gasteiger partial charge < -0.3 is 4.57 Å². The number of nitrogens with zero attached hydrogens (tertiary/aromatic N) is 1. The molecular formula is C43H25NS. The summed E-state index contributed by atoms with van der Waals surface area (Å²) in [5.74, 6) is 0. The first-order chi connectivity index (χ1) is 22.3. The van der Waals surface area contributed by atoms with Gasteiger partial charge in [0.1, 0.15) is 0 Å². The third-order valence-corrected chi connectivity index (χ3v) is 11.6. The molecule has 0 N–H and O–H groups in total. The molecular weight excluding hydrogens is 563 g/mol. The van der Waals surface area contributed by atoms with E-state index in [4.69, 9.17) is 0 Å². The normalized spacial score (nSPS) is 16.1. The highest BCUT2D eigenvalue weighted by atomic mass is 32.1. The van der Waals surface area contributed by atoms with Gasteiger partial charge in [-0.25, -0.2) is 0 Å². The van der Waals surface area contributed by atoms with Crippen LogP contribution < -0.4 is 0 Å². The molecule has 0 saturated heterocycles. The van der Waals surface area contributed by atoms with Crippen LogP contribution in [0, 0.1) is 0 Å². The summed E-state index contributed by atoms with van der Waals surface area (Å²) in [7, 11) is 0. The van der Waals surface area contributed by atoms with Crippen LogP contribution in [0.2, 0.25) is 0 Å². The SMILES string of the molecule is c1ccc2c(c1)-c1cc(-c3ccc4sc5ccccc5c4c3)ccc1C21c2ccccc2-n2c3ccccc3c3cccc1c32. The van der Waals surface area contributed by atoms with Crippen LogP contribution >= 0.6 is 11.3 Å². The van der Waals surface area contributed by atoms with E-state index < -0.39 is 5.41 Å². The fraction of sp³-hybridized carbons (Fsp3) is 0.0233. The first kappa shape index (κ1) is 23.9. The number of thiophene rings is 1. The first-order valence-electron chi connectivity index (χ1n) is 15.6. The summed E-state index contributed by atoms with van der Waals surface area (Å²) in [6, 6.07) is 57.0. The Morgan fingerprint density at radius 2 is 1.09 bits per heavy atom. The van der Waals surface area contributed by atoms with Crippen LogP contribution in [0.1, 0.15) is 22.3 Å². The van der Waals surface area contributed by atoms with Crippen LogP contribution in [0.3, 0.4) is 0 Å². The molecule has 1 aliphatic carbocycles. The van der Waals surface area contributed by atoms with Crippen molar-refractivity contribution in [3.05, 3.63) is 174 Å². The van der Waals surface area contributed by atoms with Crippen LogP contribution in [-0.4, -0.2) is 4.57 Å². The molecule has 1 aliphatic heterocycles. The number of hydrogen-bond acceptors (Lipinski definition) is 1. The molecule has 1 atom stereocenters. The van der Waals surface area contributed by atoms with Crippen LogP contribution in [-0.2, 0) is 5.41 Å². The van der Waals surface area contributed by atoms with E-state index in [9.17, 15) is 0 Å². The molecule has 1 spiro atoms. The van der Waals surface area contributed by atoms with Crippen molar-refractivity contribution in [1.82, 2.24) is 4.57 Å². The third-order valence-electron chi connectivity index (χ3n) is 10.4. The first-order valence-corrected chi connectivity index (χ1v) is 16.4. The number of aromatic nitrogens is 1. The summed E-state index contributed by atoms with van der Waals surface area (Å²) in [6.07, 6.45) is 0. The molecule has 0 radical (unpaired) electrons. The molecule has 45 heavy (non-hydrogen) atoms. The monoisotopic (exact) mass is 587 g/mol. The second kappa shape index (κ2) is 8.38. The Bertz CT molecular complexity index is 2720. The van der Waals surface area contributed by atoms with E-state index in [1.54, 1.807) is 0 Å². The molecule has 0 saturated carbocycles. The molecule has 208 valence electrons. The molecule has 1 unspecified atom stereocenters. The average Bonchev–Trinajstić information content (AvgIpc) is 3.74. The van der Waals surface area contributed by atoms with E-state index in [-0.39, 0.29) is 0 Å². The third kappa shape index (κ3) is 2.85. The van der Waals surface area contributed by atoms with Crippen molar-refractivity contribution in [3.8, 4) is 27.9 Å². The number of fused-ring (bicyclic) bond motifs is 15. The smallest absolute Gasteiger partial charge is 0.0754 e. The van der Waals surface area contributed by atoms with E-state index in [2.05, 4.69) is 156 Å². The predicted octanol–water partition coefficient (Wildman–Crippen LogP) is 11.5. The Kier molecular flexibility index (Phi) is 4.46. The maximum atomic E-state index is 2.51. The van der Waals surface area contributed by atoms with Crippen LogP contribution in [0.25, 0.3) is 69.9 Å². The minimum absolute atomic E-state index is 0.404. The zero-order valence-corrected chi connectivity index (χ0v) is 25.1. The largest absolute Gasteiger partial charge is 0.309 e. The summed E-state index contributed by atoms with van der Waals surface area (Å²) >= 11 is 1.88. The van der Waals surface area contributed by atoms with Gasteiger partial charge >= 0.3 is 0 Å². The highest BCUT2D eigenvalue weighted by molar-refractivity contribution is 7.25. The molecule has 7 aromatic carbocycles. The predicted molar refractivity (Wildman–Crippen MR) is 190 cm³/mol. The fourth-order valence-electron chi connectivity index (χ4n) is 8.65. The molecule has 2 heteroatoms. The minimum Gasteiger partial charge on any atom is -0.309 e. The Balaban J connectivity index is 1.24. The molecule has 1 nitrogen and oxygen atoms in total. The standard InChI is InChI=1S/C43H25NS/c1-4-14-34-28(10-1)32-24-26(27-21-23-41-33(25-27)30-12-3-8-19-40(30)45-41)20-22-35(32)43(34)36-15-5-7-18-39(36)44-38-17-6-2-11-29(38)31-13-9-16-37(43)42(31)44/h1-25H. The molecule has 0 amide bonds. The van der Waals surface area contributed by atoms with Gasteiger partial charge in [-0.15, -0.1) is 11.3 Å². The summed E-state index contributed by atoms with van der Waals surface area (Å²) in [5.41, 5.74) is 14.1. The van der Waals surface area contributed by atoms with Crippen molar-refractivity contribution >= 4 is 53.3 Å². The van der Waals surface area contributed by atoms with Gasteiger partial charge in [-0.1, -0.05) is 115 Å². The Hall–Kier alpha value is -5.44. The van der Waals surface area contributed by atoms with Gasteiger partial charge in [0.25, 0.3) is 0 Å².